The first kappa shape index (κ1) is 18.2. The van der Waals surface area contributed by atoms with Crippen molar-refractivity contribution in [2.45, 2.75) is 11.7 Å². The zero-order valence-electron chi connectivity index (χ0n) is 12.7. The quantitative estimate of drug-likeness (QED) is 0.874. The van der Waals surface area contributed by atoms with E-state index in [-0.39, 0.29) is 5.91 Å². The molecule has 8 heteroatoms. The van der Waals surface area contributed by atoms with Gasteiger partial charge in [-0.25, -0.2) is 9.79 Å². The average molecular weight is 350 g/mol. The minimum absolute atomic E-state index is 0.111. The number of aliphatic imine (C=N–C) groups is 1. The Bertz CT molecular complexity index is 735. The summed E-state index contributed by atoms with van der Waals surface area (Å²) >= 11 is 0. The van der Waals surface area contributed by atoms with Gasteiger partial charge in [0.05, 0.1) is 6.34 Å². The minimum atomic E-state index is -5.08. The van der Waals surface area contributed by atoms with Crippen LogP contribution in [0.3, 0.4) is 0 Å². The van der Waals surface area contributed by atoms with Gasteiger partial charge < -0.3 is 10.4 Å². The summed E-state index contributed by atoms with van der Waals surface area (Å²) in [5, 5.41) is 9.80. The highest BCUT2D eigenvalue weighted by atomic mass is 19.4. The van der Waals surface area contributed by atoms with Crippen molar-refractivity contribution in [3.8, 4) is 0 Å². The van der Waals surface area contributed by atoms with Gasteiger partial charge in [-0.1, -0.05) is 60.7 Å². The molecule has 1 heterocycles. The molecule has 2 aromatic carbocycles. The van der Waals surface area contributed by atoms with Crippen LogP contribution in [0, 0.1) is 0 Å². The largest absolute Gasteiger partial charge is 0.490 e. The van der Waals surface area contributed by atoms with Crippen molar-refractivity contribution in [1.82, 2.24) is 5.32 Å². The molecule has 2 aromatic rings. The lowest BCUT2D eigenvalue weighted by molar-refractivity contribution is -0.192. The van der Waals surface area contributed by atoms with Crippen molar-refractivity contribution < 1.29 is 27.9 Å². The molecule has 1 amide bonds. The molecule has 25 heavy (non-hydrogen) atoms. The fraction of sp³-hybridized carbons (Fsp3) is 0.118. The van der Waals surface area contributed by atoms with E-state index in [0.29, 0.717) is 0 Å². The molecule has 0 bridgehead atoms. The normalized spacial score (nSPS) is 15.1. The summed E-state index contributed by atoms with van der Waals surface area (Å²) in [7, 11) is 0. The molecular formula is C17H13F3N2O3. The van der Waals surface area contributed by atoms with Gasteiger partial charge in [-0.2, -0.15) is 13.2 Å². The van der Waals surface area contributed by atoms with E-state index in [1.165, 1.54) is 6.34 Å². The molecule has 0 saturated carbocycles. The number of carboxylic acids is 1. The molecular weight excluding hydrogens is 337 g/mol. The van der Waals surface area contributed by atoms with E-state index in [1.54, 1.807) is 0 Å². The summed E-state index contributed by atoms with van der Waals surface area (Å²) in [6.45, 7) is 0. The molecule has 0 aliphatic carbocycles. The van der Waals surface area contributed by atoms with Crippen molar-refractivity contribution in [2.75, 3.05) is 0 Å². The molecule has 3 rings (SSSR count). The maximum atomic E-state index is 12.3. The van der Waals surface area contributed by atoms with Crippen molar-refractivity contribution in [3.63, 3.8) is 0 Å². The predicted octanol–water partition coefficient (Wildman–Crippen LogP) is 2.72. The topological polar surface area (TPSA) is 78.8 Å². The number of nitrogens with one attached hydrogen (secondary N) is 1. The van der Waals surface area contributed by atoms with Crippen molar-refractivity contribution in [2.24, 2.45) is 4.99 Å². The molecule has 0 spiro atoms. The summed E-state index contributed by atoms with van der Waals surface area (Å²) in [5.74, 6) is -2.87. The Morgan fingerprint density at radius 2 is 1.36 bits per heavy atom. The minimum Gasteiger partial charge on any atom is -0.475 e. The van der Waals surface area contributed by atoms with E-state index in [0.717, 1.165) is 11.1 Å². The Morgan fingerprint density at radius 1 is 0.960 bits per heavy atom. The molecule has 0 radical (unpaired) electrons. The second-order valence-electron chi connectivity index (χ2n) is 4.98. The number of hydrogen-bond acceptors (Lipinski definition) is 3. The Morgan fingerprint density at radius 3 is 1.64 bits per heavy atom. The molecule has 5 nitrogen and oxygen atoms in total. The van der Waals surface area contributed by atoms with Crippen molar-refractivity contribution in [1.29, 1.82) is 0 Å². The highest BCUT2D eigenvalue weighted by molar-refractivity contribution is 6.03. The summed E-state index contributed by atoms with van der Waals surface area (Å²) in [6, 6.07) is 19.2. The predicted molar refractivity (Wildman–Crippen MR) is 84.0 cm³/mol. The zero-order chi connectivity index (χ0) is 18.5. The fourth-order valence-electron chi connectivity index (χ4n) is 2.29. The lowest BCUT2D eigenvalue weighted by atomic mass is 9.83. The number of rotatable bonds is 2. The molecule has 130 valence electrons. The Labute approximate surface area is 140 Å². The van der Waals surface area contributed by atoms with Gasteiger partial charge in [-0.3, -0.25) is 4.79 Å². The van der Waals surface area contributed by atoms with E-state index >= 15 is 0 Å². The third kappa shape index (κ3) is 3.85. The first-order valence-corrected chi connectivity index (χ1v) is 7.04. The zero-order valence-corrected chi connectivity index (χ0v) is 12.7. The summed E-state index contributed by atoms with van der Waals surface area (Å²) in [5.41, 5.74) is 0.813. The van der Waals surface area contributed by atoms with E-state index in [9.17, 15) is 18.0 Å². The number of carboxylic acid groups (broad SMARTS) is 1. The number of hydrogen-bond donors (Lipinski definition) is 2. The number of nitrogens with zero attached hydrogens (tertiary/aromatic N) is 1. The van der Waals surface area contributed by atoms with Crippen LogP contribution < -0.4 is 5.32 Å². The van der Waals surface area contributed by atoms with Gasteiger partial charge in [0, 0.05) is 0 Å². The Kier molecular flexibility index (Phi) is 5.21. The highest BCUT2D eigenvalue weighted by Gasteiger charge is 2.44. The SMILES string of the molecule is O=C(O)C(F)(F)F.O=C1NC=NC1(c1ccccc1)c1ccccc1. The second-order valence-corrected chi connectivity index (χ2v) is 4.98. The number of halogens is 3. The second kappa shape index (κ2) is 7.16. The maximum absolute atomic E-state index is 12.3. The van der Waals surface area contributed by atoms with E-state index < -0.39 is 17.7 Å². The summed E-state index contributed by atoms with van der Waals surface area (Å²) in [4.78, 5) is 25.6. The molecule has 0 aromatic heterocycles. The lowest BCUT2D eigenvalue weighted by Crippen LogP contribution is -2.37. The van der Waals surface area contributed by atoms with Crippen molar-refractivity contribution >= 4 is 18.2 Å². The number of alkyl halides is 3. The van der Waals surface area contributed by atoms with Crippen LogP contribution in [-0.4, -0.2) is 29.5 Å². The molecule has 0 unspecified atom stereocenters. The summed E-state index contributed by atoms with van der Waals surface area (Å²) < 4.78 is 31.7. The van der Waals surface area contributed by atoms with E-state index in [2.05, 4.69) is 10.3 Å². The van der Waals surface area contributed by atoms with Crippen LogP contribution in [0.2, 0.25) is 0 Å². The lowest BCUT2D eigenvalue weighted by Gasteiger charge is -2.24. The highest BCUT2D eigenvalue weighted by Crippen LogP contribution is 2.35. The number of carbonyl (C=O) groups is 2. The van der Waals surface area contributed by atoms with Gasteiger partial charge in [0.25, 0.3) is 5.91 Å². The standard InChI is InChI=1S/C15H12N2O.C2HF3O2/c18-14-15(17-11-16-14,12-7-3-1-4-8-12)13-9-5-2-6-10-13;3-2(4,5)1(6)7/h1-11H,(H,16,17,18);(H,6,7). The van der Waals surface area contributed by atoms with Gasteiger partial charge in [-0.15, -0.1) is 0 Å². The maximum Gasteiger partial charge on any atom is 0.490 e. The van der Waals surface area contributed by atoms with Crippen LogP contribution in [0.4, 0.5) is 13.2 Å². The average Bonchev–Trinajstić information content (AvgIpc) is 2.98. The Balaban J connectivity index is 0.000000277. The van der Waals surface area contributed by atoms with Crippen LogP contribution in [0.5, 0.6) is 0 Å². The van der Waals surface area contributed by atoms with Crippen LogP contribution in [0.25, 0.3) is 0 Å². The molecule has 0 fully saturated rings. The van der Waals surface area contributed by atoms with Crippen molar-refractivity contribution in [3.05, 3.63) is 71.8 Å². The van der Waals surface area contributed by atoms with Gasteiger partial charge in [0.2, 0.25) is 0 Å². The van der Waals surface area contributed by atoms with Crippen LogP contribution in [0.15, 0.2) is 65.7 Å². The smallest absolute Gasteiger partial charge is 0.475 e. The summed E-state index contributed by atoms with van der Waals surface area (Å²) in [6.07, 6.45) is -3.61. The number of amides is 1. The molecule has 1 aliphatic rings. The van der Waals surface area contributed by atoms with Crippen LogP contribution in [-0.2, 0) is 15.1 Å². The number of aliphatic carboxylic acids is 1. The fourth-order valence-corrected chi connectivity index (χ4v) is 2.29. The first-order chi connectivity index (χ1) is 11.8. The number of carbonyl (C=O) groups excluding carboxylic acids is 1. The third-order valence-electron chi connectivity index (χ3n) is 3.41. The van der Waals surface area contributed by atoms with Gasteiger partial charge >= 0.3 is 12.1 Å². The number of benzene rings is 2. The molecule has 0 saturated heterocycles. The van der Waals surface area contributed by atoms with Gasteiger partial charge in [0.1, 0.15) is 0 Å². The van der Waals surface area contributed by atoms with E-state index in [1.807, 2.05) is 60.7 Å². The van der Waals surface area contributed by atoms with Gasteiger partial charge in [0.15, 0.2) is 5.54 Å². The van der Waals surface area contributed by atoms with Crippen LogP contribution in [0.1, 0.15) is 11.1 Å². The molecule has 0 atom stereocenters. The van der Waals surface area contributed by atoms with E-state index in [4.69, 9.17) is 9.90 Å². The van der Waals surface area contributed by atoms with Gasteiger partial charge in [-0.05, 0) is 11.1 Å². The first-order valence-electron chi connectivity index (χ1n) is 7.04. The molecule has 1 aliphatic heterocycles. The Hall–Kier alpha value is -3.16. The molecule has 2 N–H and O–H groups in total. The van der Waals surface area contributed by atoms with Crippen LogP contribution >= 0.6 is 0 Å². The third-order valence-corrected chi connectivity index (χ3v) is 3.41. The monoisotopic (exact) mass is 350 g/mol.